The highest BCUT2D eigenvalue weighted by Gasteiger charge is 2.32. The number of aromatic nitrogens is 2. The summed E-state index contributed by atoms with van der Waals surface area (Å²) < 4.78 is 48.0. The van der Waals surface area contributed by atoms with Crippen molar-refractivity contribution in [2.24, 2.45) is 7.05 Å². The van der Waals surface area contributed by atoms with Crippen LogP contribution in [-0.2, 0) is 21.8 Å². The Morgan fingerprint density at radius 1 is 1.39 bits per heavy atom. The number of nitrogens with one attached hydrogen (secondary N) is 1. The molecule has 2 aromatic rings. The zero-order valence-corrected chi connectivity index (χ0v) is 13.5. The first kappa shape index (κ1) is 16.1. The quantitative estimate of drug-likeness (QED) is 0.901. The second kappa shape index (κ2) is 6.38. The van der Waals surface area contributed by atoms with E-state index in [1.165, 1.54) is 29.2 Å². The van der Waals surface area contributed by atoms with Crippen LogP contribution in [-0.4, -0.2) is 30.9 Å². The lowest BCUT2D eigenvalue weighted by Crippen LogP contribution is -2.36. The zero-order valence-electron chi connectivity index (χ0n) is 12.6. The van der Waals surface area contributed by atoms with Crippen LogP contribution in [0.5, 0.6) is 0 Å². The van der Waals surface area contributed by atoms with Crippen LogP contribution in [0.2, 0.25) is 0 Å². The number of aryl methyl sites for hydroxylation is 1. The van der Waals surface area contributed by atoms with Crippen molar-refractivity contribution in [2.45, 2.75) is 29.9 Å². The number of nitrogens with zero attached hydrogens (tertiary/aromatic N) is 2. The van der Waals surface area contributed by atoms with E-state index in [1.807, 2.05) is 0 Å². The summed E-state index contributed by atoms with van der Waals surface area (Å²) >= 11 is 0. The Labute approximate surface area is 134 Å². The minimum absolute atomic E-state index is 0.0881. The maximum Gasteiger partial charge on any atom is 0.244 e. The molecule has 0 bridgehead atoms. The summed E-state index contributed by atoms with van der Waals surface area (Å²) in [6.07, 6.45) is 4.07. The van der Waals surface area contributed by atoms with Gasteiger partial charge in [-0.05, 0) is 30.5 Å². The van der Waals surface area contributed by atoms with Crippen LogP contribution < -0.4 is 4.72 Å². The van der Waals surface area contributed by atoms with Gasteiger partial charge >= 0.3 is 0 Å². The lowest BCUT2D eigenvalue weighted by molar-refractivity contribution is 0.0852. The van der Waals surface area contributed by atoms with Gasteiger partial charge in [-0.1, -0.05) is 12.1 Å². The molecule has 0 amide bonds. The molecule has 0 spiro atoms. The zero-order chi connectivity index (χ0) is 16.4. The second-order valence-electron chi connectivity index (χ2n) is 5.55. The van der Waals surface area contributed by atoms with Crippen molar-refractivity contribution in [1.82, 2.24) is 14.5 Å². The number of ether oxygens (including phenoxy) is 1. The van der Waals surface area contributed by atoms with E-state index < -0.39 is 16.1 Å². The van der Waals surface area contributed by atoms with E-state index in [1.54, 1.807) is 19.2 Å². The average molecular weight is 339 g/mol. The standard InChI is InChI=1S/C15H18FN3O3S/c1-19-10-13(9-17-19)23(20,21)18-15(14-3-2-8-22-14)11-4-6-12(16)7-5-11/h4-7,9-10,14-15,18H,2-3,8H2,1H3/t14-,15+/m1/s1. The third-order valence-electron chi connectivity index (χ3n) is 3.84. The predicted molar refractivity (Wildman–Crippen MR) is 81.6 cm³/mol. The number of halogens is 1. The highest BCUT2D eigenvalue weighted by atomic mass is 32.2. The van der Waals surface area contributed by atoms with Crippen LogP contribution >= 0.6 is 0 Å². The van der Waals surface area contributed by atoms with Gasteiger partial charge in [0.25, 0.3) is 0 Å². The summed E-state index contributed by atoms with van der Waals surface area (Å²) in [5, 5.41) is 3.89. The molecule has 1 aromatic carbocycles. The second-order valence-corrected chi connectivity index (χ2v) is 7.27. The normalized spacial score (nSPS) is 19.8. The molecule has 0 radical (unpaired) electrons. The summed E-state index contributed by atoms with van der Waals surface area (Å²) in [7, 11) is -2.09. The van der Waals surface area contributed by atoms with Gasteiger partial charge in [0.15, 0.2) is 0 Å². The van der Waals surface area contributed by atoms with Crippen molar-refractivity contribution in [1.29, 1.82) is 0 Å². The fourth-order valence-corrected chi connectivity index (χ4v) is 3.90. The van der Waals surface area contributed by atoms with Crippen molar-refractivity contribution in [2.75, 3.05) is 6.61 Å². The van der Waals surface area contributed by atoms with Gasteiger partial charge in [0, 0.05) is 19.9 Å². The highest BCUT2D eigenvalue weighted by Crippen LogP contribution is 2.28. The van der Waals surface area contributed by atoms with E-state index in [4.69, 9.17) is 4.74 Å². The first-order valence-electron chi connectivity index (χ1n) is 7.34. The van der Waals surface area contributed by atoms with E-state index in [2.05, 4.69) is 9.82 Å². The van der Waals surface area contributed by atoms with Gasteiger partial charge < -0.3 is 4.74 Å². The largest absolute Gasteiger partial charge is 0.376 e. The molecule has 0 unspecified atom stereocenters. The third-order valence-corrected chi connectivity index (χ3v) is 5.24. The third kappa shape index (κ3) is 3.60. The summed E-state index contributed by atoms with van der Waals surface area (Å²) in [6, 6.07) is 5.22. The van der Waals surface area contributed by atoms with Crippen molar-refractivity contribution in [3.63, 3.8) is 0 Å². The highest BCUT2D eigenvalue weighted by molar-refractivity contribution is 7.89. The number of sulfonamides is 1. The van der Waals surface area contributed by atoms with E-state index in [-0.39, 0.29) is 16.8 Å². The Morgan fingerprint density at radius 2 is 2.13 bits per heavy atom. The molecule has 2 heterocycles. The topological polar surface area (TPSA) is 73.2 Å². The van der Waals surface area contributed by atoms with Gasteiger partial charge in [-0.2, -0.15) is 5.10 Å². The van der Waals surface area contributed by atoms with Crippen molar-refractivity contribution in [3.8, 4) is 0 Å². The molecule has 6 nitrogen and oxygen atoms in total. The van der Waals surface area contributed by atoms with Crippen molar-refractivity contribution < 1.29 is 17.5 Å². The van der Waals surface area contributed by atoms with Gasteiger partial charge in [-0.3, -0.25) is 4.68 Å². The van der Waals surface area contributed by atoms with Crippen LogP contribution in [0.25, 0.3) is 0 Å². The Kier molecular flexibility index (Phi) is 4.47. The number of hydrogen-bond donors (Lipinski definition) is 1. The summed E-state index contributed by atoms with van der Waals surface area (Å²) in [5.41, 5.74) is 0.672. The molecule has 1 N–H and O–H groups in total. The Bertz CT molecular complexity index is 768. The maximum atomic E-state index is 13.2. The summed E-state index contributed by atoms with van der Waals surface area (Å²) in [6.45, 7) is 0.594. The first-order chi connectivity index (χ1) is 11.0. The molecule has 3 rings (SSSR count). The smallest absolute Gasteiger partial charge is 0.244 e. The number of benzene rings is 1. The molecule has 0 aliphatic carbocycles. The minimum atomic E-state index is -3.74. The molecule has 1 fully saturated rings. The fourth-order valence-electron chi connectivity index (χ4n) is 2.67. The lowest BCUT2D eigenvalue weighted by atomic mass is 10.0. The van der Waals surface area contributed by atoms with Crippen LogP contribution in [0, 0.1) is 5.82 Å². The summed E-state index contributed by atoms with van der Waals surface area (Å²) in [5.74, 6) is -0.366. The molecule has 1 aliphatic heterocycles. The molecular weight excluding hydrogens is 321 g/mol. The molecule has 23 heavy (non-hydrogen) atoms. The number of rotatable bonds is 5. The fraction of sp³-hybridized carbons (Fsp3) is 0.400. The van der Waals surface area contributed by atoms with Crippen molar-refractivity contribution in [3.05, 3.63) is 48.0 Å². The molecular formula is C15H18FN3O3S. The Morgan fingerprint density at radius 3 is 2.70 bits per heavy atom. The van der Waals surface area contributed by atoms with Gasteiger partial charge in [0.1, 0.15) is 10.7 Å². The molecule has 124 valence electrons. The van der Waals surface area contributed by atoms with Gasteiger partial charge in [0.05, 0.1) is 18.3 Å². The van der Waals surface area contributed by atoms with Crippen LogP contribution in [0.1, 0.15) is 24.4 Å². The molecule has 2 atom stereocenters. The maximum absolute atomic E-state index is 13.2. The van der Waals surface area contributed by atoms with Gasteiger partial charge in [0.2, 0.25) is 10.0 Å². The molecule has 1 aliphatic rings. The van der Waals surface area contributed by atoms with Crippen LogP contribution in [0.15, 0.2) is 41.6 Å². The van der Waals surface area contributed by atoms with E-state index in [0.29, 0.717) is 12.2 Å². The molecule has 8 heteroatoms. The van der Waals surface area contributed by atoms with E-state index >= 15 is 0 Å². The van der Waals surface area contributed by atoms with Crippen molar-refractivity contribution >= 4 is 10.0 Å². The lowest BCUT2D eigenvalue weighted by Gasteiger charge is -2.24. The Balaban J connectivity index is 1.90. The molecule has 1 aromatic heterocycles. The Hall–Kier alpha value is -1.77. The first-order valence-corrected chi connectivity index (χ1v) is 8.82. The SMILES string of the molecule is Cn1cc(S(=O)(=O)N[C@@H](c2ccc(F)cc2)[C@H]2CCCO2)cn1. The molecule has 1 saturated heterocycles. The minimum Gasteiger partial charge on any atom is -0.376 e. The molecule has 0 saturated carbocycles. The van der Waals surface area contributed by atoms with Crippen LogP contribution in [0.3, 0.4) is 0 Å². The number of hydrogen-bond acceptors (Lipinski definition) is 4. The average Bonchev–Trinajstić information content (AvgIpc) is 3.17. The van der Waals surface area contributed by atoms with Crippen LogP contribution in [0.4, 0.5) is 4.39 Å². The summed E-state index contributed by atoms with van der Waals surface area (Å²) in [4.78, 5) is 0.0881. The van der Waals surface area contributed by atoms with Gasteiger partial charge in [-0.15, -0.1) is 0 Å². The monoisotopic (exact) mass is 339 g/mol. The predicted octanol–water partition coefficient (Wildman–Crippen LogP) is 1.76. The van der Waals surface area contributed by atoms with E-state index in [0.717, 1.165) is 12.8 Å². The van der Waals surface area contributed by atoms with E-state index in [9.17, 15) is 12.8 Å². The van der Waals surface area contributed by atoms with Gasteiger partial charge in [-0.25, -0.2) is 17.5 Å².